The topological polar surface area (TPSA) is 29.5 Å². The fourth-order valence-corrected chi connectivity index (χ4v) is 2.20. The van der Waals surface area contributed by atoms with Crippen LogP contribution in [-0.2, 0) is 6.42 Å². The molecule has 2 nitrogen and oxygen atoms in total. The van der Waals surface area contributed by atoms with E-state index in [4.69, 9.17) is 4.74 Å². The van der Waals surface area contributed by atoms with Crippen molar-refractivity contribution in [2.45, 2.75) is 32.8 Å². The monoisotopic (exact) mass is 206 g/mol. The Morgan fingerprint density at radius 3 is 2.80 bits per heavy atom. The molecule has 0 aliphatic heterocycles. The highest BCUT2D eigenvalue weighted by atomic mass is 16.5. The van der Waals surface area contributed by atoms with E-state index in [2.05, 4.69) is 19.9 Å². The molecule has 0 heterocycles. The average molecular weight is 206 g/mol. The van der Waals surface area contributed by atoms with E-state index in [1.807, 2.05) is 12.1 Å². The van der Waals surface area contributed by atoms with Gasteiger partial charge in [-0.2, -0.15) is 0 Å². The number of benzene rings is 1. The van der Waals surface area contributed by atoms with Crippen molar-refractivity contribution in [2.24, 2.45) is 5.41 Å². The second kappa shape index (κ2) is 3.53. The van der Waals surface area contributed by atoms with Crippen molar-refractivity contribution in [1.82, 2.24) is 0 Å². The number of ether oxygens (including phenoxy) is 1. The highest BCUT2D eigenvalue weighted by molar-refractivity contribution is 5.39. The lowest BCUT2D eigenvalue weighted by Crippen LogP contribution is -2.28. The van der Waals surface area contributed by atoms with Crippen molar-refractivity contribution >= 4 is 0 Å². The van der Waals surface area contributed by atoms with Gasteiger partial charge >= 0.3 is 0 Å². The van der Waals surface area contributed by atoms with Crippen molar-refractivity contribution in [3.05, 3.63) is 29.3 Å². The van der Waals surface area contributed by atoms with Gasteiger partial charge in [-0.15, -0.1) is 0 Å². The minimum atomic E-state index is -0.378. The zero-order valence-corrected chi connectivity index (χ0v) is 9.58. The molecule has 1 aliphatic carbocycles. The fraction of sp³-hybridized carbons (Fsp3) is 0.538. The van der Waals surface area contributed by atoms with Crippen LogP contribution in [0.3, 0.4) is 0 Å². The second-order valence-corrected chi connectivity index (χ2v) is 4.96. The first kappa shape index (κ1) is 10.5. The summed E-state index contributed by atoms with van der Waals surface area (Å²) in [6.45, 7) is 4.22. The lowest BCUT2D eigenvalue weighted by molar-refractivity contribution is 0.0338. The van der Waals surface area contributed by atoms with E-state index in [1.54, 1.807) is 7.11 Å². The molecule has 0 radical (unpaired) electrons. The van der Waals surface area contributed by atoms with Crippen LogP contribution in [0.4, 0.5) is 0 Å². The summed E-state index contributed by atoms with van der Waals surface area (Å²) < 4.78 is 5.19. The van der Waals surface area contributed by atoms with Gasteiger partial charge in [0.05, 0.1) is 13.2 Å². The van der Waals surface area contributed by atoms with Crippen LogP contribution in [-0.4, -0.2) is 12.2 Å². The molecule has 1 aromatic carbocycles. The maximum atomic E-state index is 10.3. The molecule has 0 spiro atoms. The van der Waals surface area contributed by atoms with Crippen molar-refractivity contribution in [3.8, 4) is 5.75 Å². The van der Waals surface area contributed by atoms with E-state index < -0.39 is 0 Å². The molecule has 0 saturated carbocycles. The third-order valence-corrected chi connectivity index (χ3v) is 3.43. The zero-order valence-electron chi connectivity index (χ0n) is 9.58. The van der Waals surface area contributed by atoms with Gasteiger partial charge in [0.15, 0.2) is 0 Å². The maximum absolute atomic E-state index is 10.3. The lowest BCUT2D eigenvalue weighted by Gasteiger charge is -2.36. The van der Waals surface area contributed by atoms with E-state index in [1.165, 1.54) is 5.56 Å². The van der Waals surface area contributed by atoms with Crippen molar-refractivity contribution in [3.63, 3.8) is 0 Å². The zero-order chi connectivity index (χ0) is 11.1. The van der Waals surface area contributed by atoms with Crippen LogP contribution in [0.25, 0.3) is 0 Å². The van der Waals surface area contributed by atoms with Gasteiger partial charge in [-0.05, 0) is 41.5 Å². The Labute approximate surface area is 90.9 Å². The Kier molecular flexibility index (Phi) is 2.47. The fourth-order valence-electron chi connectivity index (χ4n) is 2.20. The molecule has 0 bridgehead atoms. The first-order chi connectivity index (χ1) is 7.04. The third-order valence-electron chi connectivity index (χ3n) is 3.43. The number of fused-ring (bicyclic) bond motifs is 1. The molecular formula is C13H18O2. The van der Waals surface area contributed by atoms with Crippen molar-refractivity contribution in [1.29, 1.82) is 0 Å². The Bertz CT molecular complexity index is 369. The minimum absolute atomic E-state index is 0.0284. The minimum Gasteiger partial charge on any atom is -0.497 e. The van der Waals surface area contributed by atoms with E-state index in [-0.39, 0.29) is 11.5 Å². The molecule has 0 unspecified atom stereocenters. The molecule has 0 aromatic heterocycles. The Hall–Kier alpha value is -1.02. The van der Waals surface area contributed by atoms with Crippen LogP contribution in [0.2, 0.25) is 0 Å². The van der Waals surface area contributed by atoms with Crippen molar-refractivity contribution < 1.29 is 9.84 Å². The molecule has 2 rings (SSSR count). The average Bonchev–Trinajstić information content (AvgIpc) is 2.24. The van der Waals surface area contributed by atoms with E-state index in [0.29, 0.717) is 0 Å². The summed E-state index contributed by atoms with van der Waals surface area (Å²) in [7, 11) is 1.65. The van der Waals surface area contributed by atoms with E-state index in [0.717, 1.165) is 24.2 Å². The molecule has 0 fully saturated rings. The van der Waals surface area contributed by atoms with E-state index in [9.17, 15) is 5.11 Å². The quantitative estimate of drug-likeness (QED) is 0.765. The Morgan fingerprint density at radius 2 is 2.13 bits per heavy atom. The van der Waals surface area contributed by atoms with Gasteiger partial charge < -0.3 is 9.84 Å². The van der Waals surface area contributed by atoms with Gasteiger partial charge in [0.25, 0.3) is 0 Å². The highest BCUT2D eigenvalue weighted by Crippen LogP contribution is 2.44. The summed E-state index contributed by atoms with van der Waals surface area (Å²) in [5.74, 6) is 0.825. The first-order valence-electron chi connectivity index (χ1n) is 5.39. The van der Waals surface area contributed by atoms with Crippen LogP contribution in [0.15, 0.2) is 18.2 Å². The second-order valence-electron chi connectivity index (χ2n) is 4.96. The van der Waals surface area contributed by atoms with Gasteiger partial charge in [-0.3, -0.25) is 0 Å². The van der Waals surface area contributed by atoms with Gasteiger partial charge in [0.2, 0.25) is 0 Å². The van der Waals surface area contributed by atoms with Gasteiger partial charge in [-0.1, -0.05) is 19.9 Å². The predicted octanol–water partition coefficient (Wildman–Crippen LogP) is 2.70. The normalized spacial score (nSPS) is 23.3. The number of methoxy groups -OCH3 is 1. The van der Waals surface area contributed by atoms with E-state index >= 15 is 0 Å². The SMILES string of the molecule is COc1ccc2c(c1)[C@@H](O)C(C)(C)CC2. The number of aryl methyl sites for hydroxylation is 1. The highest BCUT2D eigenvalue weighted by Gasteiger charge is 2.34. The number of aliphatic hydroxyl groups is 1. The molecule has 1 atom stereocenters. The molecular weight excluding hydrogens is 188 g/mol. The smallest absolute Gasteiger partial charge is 0.119 e. The molecule has 1 N–H and O–H groups in total. The number of hydrogen-bond donors (Lipinski definition) is 1. The summed E-state index contributed by atoms with van der Waals surface area (Å²) >= 11 is 0. The predicted molar refractivity (Wildman–Crippen MR) is 60.1 cm³/mol. The summed E-state index contributed by atoms with van der Waals surface area (Å²) in [4.78, 5) is 0. The van der Waals surface area contributed by atoms with Crippen LogP contribution in [0, 0.1) is 5.41 Å². The summed E-state index contributed by atoms with van der Waals surface area (Å²) in [5, 5.41) is 10.3. The van der Waals surface area contributed by atoms with Gasteiger partial charge in [0, 0.05) is 0 Å². The molecule has 0 amide bonds. The lowest BCUT2D eigenvalue weighted by atomic mass is 9.72. The maximum Gasteiger partial charge on any atom is 0.119 e. The summed E-state index contributed by atoms with van der Waals surface area (Å²) in [6, 6.07) is 5.98. The third kappa shape index (κ3) is 1.74. The molecule has 2 heteroatoms. The van der Waals surface area contributed by atoms with Crippen molar-refractivity contribution in [2.75, 3.05) is 7.11 Å². The van der Waals surface area contributed by atoms with Crippen LogP contribution in [0.5, 0.6) is 5.75 Å². The van der Waals surface area contributed by atoms with Gasteiger partial charge in [0.1, 0.15) is 5.75 Å². The molecule has 82 valence electrons. The van der Waals surface area contributed by atoms with Crippen LogP contribution in [0.1, 0.15) is 37.5 Å². The molecule has 1 aliphatic rings. The number of rotatable bonds is 1. The molecule has 1 aromatic rings. The number of hydrogen-bond acceptors (Lipinski definition) is 2. The summed E-state index contributed by atoms with van der Waals surface area (Å²) in [6.07, 6.45) is 1.70. The number of aliphatic hydroxyl groups excluding tert-OH is 1. The Morgan fingerprint density at radius 1 is 1.40 bits per heavy atom. The standard InChI is InChI=1S/C13H18O2/c1-13(2)7-6-9-4-5-10(15-3)8-11(9)12(13)14/h4-5,8,12,14H,6-7H2,1-3H3/t12-/m1/s1. The Balaban J connectivity index is 2.44. The first-order valence-corrected chi connectivity index (χ1v) is 5.39. The largest absolute Gasteiger partial charge is 0.497 e. The molecule has 15 heavy (non-hydrogen) atoms. The molecule has 0 saturated heterocycles. The van der Waals surface area contributed by atoms with Crippen LogP contribution >= 0.6 is 0 Å². The van der Waals surface area contributed by atoms with Crippen LogP contribution < -0.4 is 4.74 Å². The summed E-state index contributed by atoms with van der Waals surface area (Å²) in [5.41, 5.74) is 2.26. The van der Waals surface area contributed by atoms with Gasteiger partial charge in [-0.25, -0.2) is 0 Å².